The largest absolute Gasteiger partial charge is 0.304 e. The number of primary sulfonamides is 1. The summed E-state index contributed by atoms with van der Waals surface area (Å²) < 4.78 is 39.2. The minimum absolute atomic E-state index is 0.157. The lowest BCUT2D eigenvalue weighted by Gasteiger charge is -2.29. The highest BCUT2D eigenvalue weighted by Crippen LogP contribution is 2.45. The van der Waals surface area contributed by atoms with Crippen LogP contribution in [0.15, 0.2) is 72.9 Å². The van der Waals surface area contributed by atoms with Crippen LogP contribution in [0.5, 0.6) is 0 Å². The quantitative estimate of drug-likeness (QED) is 0.453. The molecule has 35 heavy (non-hydrogen) atoms. The molecule has 1 amide bonds. The summed E-state index contributed by atoms with van der Waals surface area (Å²) in [6.07, 6.45) is 1.69. The molecule has 0 aliphatic carbocycles. The second kappa shape index (κ2) is 8.58. The first-order chi connectivity index (χ1) is 16.6. The van der Waals surface area contributed by atoms with Crippen molar-refractivity contribution >= 4 is 32.5 Å². The highest BCUT2D eigenvalue weighted by atomic mass is 32.2. The van der Waals surface area contributed by atoms with Gasteiger partial charge in [0.05, 0.1) is 29.2 Å². The highest BCUT2D eigenvalue weighted by molar-refractivity contribution is 7.89. The van der Waals surface area contributed by atoms with Crippen LogP contribution < -0.4 is 10.0 Å². The number of hydrogen-bond donors (Lipinski definition) is 1. The topological polar surface area (TPSA) is 98.3 Å². The van der Waals surface area contributed by atoms with Gasteiger partial charge in [-0.3, -0.25) is 4.79 Å². The van der Waals surface area contributed by atoms with Crippen molar-refractivity contribution in [3.8, 4) is 5.69 Å². The van der Waals surface area contributed by atoms with E-state index in [2.05, 4.69) is 5.10 Å². The Labute approximate surface area is 203 Å². The zero-order valence-electron chi connectivity index (χ0n) is 19.3. The smallest absolute Gasteiger partial charge is 0.230 e. The van der Waals surface area contributed by atoms with Crippen LogP contribution in [-0.2, 0) is 14.8 Å². The van der Waals surface area contributed by atoms with Gasteiger partial charge in [-0.05, 0) is 55.0 Å². The van der Waals surface area contributed by atoms with E-state index in [1.807, 2.05) is 49.4 Å². The molecule has 9 heteroatoms. The van der Waals surface area contributed by atoms with Crippen LogP contribution in [0, 0.1) is 24.6 Å². The summed E-state index contributed by atoms with van der Waals surface area (Å²) in [4.78, 5) is 15.2. The van der Waals surface area contributed by atoms with E-state index in [1.54, 1.807) is 34.8 Å². The van der Waals surface area contributed by atoms with Crippen LogP contribution in [0.3, 0.4) is 0 Å². The summed E-state index contributed by atoms with van der Waals surface area (Å²) in [7, 11) is -3.80. The predicted molar refractivity (Wildman–Crippen MR) is 133 cm³/mol. The van der Waals surface area contributed by atoms with Gasteiger partial charge in [-0.25, -0.2) is 22.6 Å². The van der Waals surface area contributed by atoms with Crippen molar-refractivity contribution in [3.63, 3.8) is 0 Å². The van der Waals surface area contributed by atoms with Crippen LogP contribution in [0.25, 0.3) is 16.6 Å². The molecule has 0 radical (unpaired) electrons. The Morgan fingerprint density at radius 1 is 1.03 bits per heavy atom. The van der Waals surface area contributed by atoms with Crippen LogP contribution in [0.2, 0.25) is 0 Å². The van der Waals surface area contributed by atoms with Crippen molar-refractivity contribution in [2.45, 2.75) is 19.9 Å². The van der Waals surface area contributed by atoms with E-state index >= 15 is 0 Å². The molecule has 4 aromatic rings. The molecule has 5 rings (SSSR count). The molecule has 0 saturated carbocycles. The first-order valence-corrected chi connectivity index (χ1v) is 13.0. The van der Waals surface area contributed by atoms with E-state index in [0.29, 0.717) is 11.4 Å². The molecular weight excluding hydrogens is 467 g/mol. The Balaban J connectivity index is 1.61. The monoisotopic (exact) mass is 492 g/mol. The number of sulfonamides is 1. The Morgan fingerprint density at radius 3 is 2.43 bits per heavy atom. The van der Waals surface area contributed by atoms with Gasteiger partial charge in [0.15, 0.2) is 0 Å². The molecule has 1 aliphatic rings. The molecule has 1 saturated heterocycles. The van der Waals surface area contributed by atoms with Crippen molar-refractivity contribution < 1.29 is 17.6 Å². The number of nitrogens with two attached hydrogens (primary N) is 1. The summed E-state index contributed by atoms with van der Waals surface area (Å²) in [5.74, 6) is -1.81. The number of fused-ring (bicyclic) bond motifs is 1. The summed E-state index contributed by atoms with van der Waals surface area (Å²) in [5, 5.41) is 10.7. The van der Waals surface area contributed by atoms with Crippen molar-refractivity contribution in [3.05, 3.63) is 89.9 Å². The van der Waals surface area contributed by atoms with Gasteiger partial charge in [0, 0.05) is 22.9 Å². The second-order valence-corrected chi connectivity index (χ2v) is 10.8. The third-order valence-electron chi connectivity index (χ3n) is 6.66. The number of rotatable bonds is 5. The van der Waals surface area contributed by atoms with E-state index in [1.165, 1.54) is 12.1 Å². The summed E-state index contributed by atoms with van der Waals surface area (Å²) in [6.45, 7) is 3.71. The van der Waals surface area contributed by atoms with Gasteiger partial charge in [-0.1, -0.05) is 36.8 Å². The van der Waals surface area contributed by atoms with Crippen LogP contribution in [0.4, 0.5) is 10.1 Å². The first-order valence-electron chi connectivity index (χ1n) is 11.3. The number of hydrogen-bond acceptors (Lipinski definition) is 4. The normalized spacial score (nSPS) is 20.6. The third kappa shape index (κ3) is 4.33. The average Bonchev–Trinajstić information content (AvgIpc) is 3.33. The predicted octanol–water partition coefficient (Wildman–Crippen LogP) is 4.10. The fraction of sp³-hybridized carbons (Fsp3) is 0.231. The average molecular weight is 493 g/mol. The number of carbonyl (C=O) groups is 1. The van der Waals surface area contributed by atoms with Gasteiger partial charge in [0.2, 0.25) is 15.9 Å². The lowest BCUT2D eigenvalue weighted by molar-refractivity contribution is -0.120. The van der Waals surface area contributed by atoms with Gasteiger partial charge >= 0.3 is 0 Å². The zero-order valence-corrected chi connectivity index (χ0v) is 20.1. The van der Waals surface area contributed by atoms with Crippen LogP contribution in [-0.4, -0.2) is 29.9 Å². The van der Waals surface area contributed by atoms with Crippen molar-refractivity contribution in [2.75, 3.05) is 10.7 Å². The Hall–Kier alpha value is -3.56. The fourth-order valence-electron chi connectivity index (χ4n) is 5.00. The maximum absolute atomic E-state index is 13.5. The van der Waals surface area contributed by atoms with Crippen LogP contribution in [0.1, 0.15) is 24.1 Å². The van der Waals surface area contributed by atoms with Crippen molar-refractivity contribution in [1.29, 1.82) is 0 Å². The highest BCUT2D eigenvalue weighted by Gasteiger charge is 2.48. The maximum Gasteiger partial charge on any atom is 0.230 e. The molecule has 1 aliphatic heterocycles. The molecule has 3 aromatic carbocycles. The second-order valence-electron chi connectivity index (χ2n) is 9.13. The molecule has 2 N–H and O–H groups in total. The van der Waals surface area contributed by atoms with E-state index in [9.17, 15) is 17.6 Å². The lowest BCUT2D eigenvalue weighted by atomic mass is 9.88. The summed E-state index contributed by atoms with van der Waals surface area (Å²) in [5.41, 5.74) is 4.04. The molecule has 3 atom stereocenters. The number of aryl methyl sites for hydroxylation is 1. The number of halogens is 1. The molecule has 1 fully saturated rings. The SMILES string of the molecule is Cc1cccc(C2C(CS(N)(=O)=O)C(C)C(=O)N2c2ccc3c(cnn3-c3ccc(F)cc3)c2)c1. The minimum Gasteiger partial charge on any atom is -0.304 e. The lowest BCUT2D eigenvalue weighted by Crippen LogP contribution is -2.31. The van der Waals surface area contributed by atoms with Gasteiger partial charge in [0.1, 0.15) is 5.82 Å². The number of carbonyl (C=O) groups excluding carboxylic acids is 1. The van der Waals surface area contributed by atoms with Crippen molar-refractivity contribution in [1.82, 2.24) is 9.78 Å². The van der Waals surface area contributed by atoms with Gasteiger partial charge in [-0.2, -0.15) is 5.10 Å². The first kappa shape index (κ1) is 23.2. The molecule has 3 unspecified atom stereocenters. The molecule has 180 valence electrons. The number of amides is 1. The molecule has 1 aromatic heterocycles. The van der Waals surface area contributed by atoms with Crippen molar-refractivity contribution in [2.24, 2.45) is 17.0 Å². The van der Waals surface area contributed by atoms with E-state index in [-0.39, 0.29) is 17.5 Å². The van der Waals surface area contributed by atoms with E-state index in [4.69, 9.17) is 5.14 Å². The molecule has 0 spiro atoms. The number of aromatic nitrogens is 2. The fourth-order valence-corrected chi connectivity index (χ4v) is 6.01. The Morgan fingerprint density at radius 2 is 1.74 bits per heavy atom. The number of anilines is 1. The minimum atomic E-state index is -3.80. The molecule has 0 bridgehead atoms. The molecule has 2 heterocycles. The third-order valence-corrected chi connectivity index (χ3v) is 7.51. The van der Waals surface area contributed by atoms with Gasteiger partial charge < -0.3 is 4.90 Å². The zero-order chi connectivity index (χ0) is 24.9. The maximum atomic E-state index is 13.5. The Bertz CT molecular complexity index is 1530. The number of nitrogens with zero attached hydrogens (tertiary/aromatic N) is 3. The van der Waals surface area contributed by atoms with Gasteiger partial charge in [0.25, 0.3) is 0 Å². The Kier molecular flexibility index (Phi) is 5.69. The van der Waals surface area contributed by atoms with E-state index in [0.717, 1.165) is 22.0 Å². The summed E-state index contributed by atoms with van der Waals surface area (Å²) in [6, 6.07) is 18.9. The molecule has 7 nitrogen and oxygen atoms in total. The number of benzene rings is 3. The van der Waals surface area contributed by atoms with Gasteiger partial charge in [-0.15, -0.1) is 0 Å². The standard InChI is InChI=1S/C26H25FN4O3S/c1-16-4-3-5-18(12-16)25-23(15-35(28,33)34)17(2)26(32)30(25)22-10-11-24-19(13-22)14-29-31(24)21-8-6-20(27)7-9-21/h3-14,17,23,25H,15H2,1-2H3,(H2,28,33,34). The van der Waals surface area contributed by atoms with E-state index < -0.39 is 27.9 Å². The summed E-state index contributed by atoms with van der Waals surface area (Å²) >= 11 is 0. The molecular formula is C26H25FN4O3S. The van der Waals surface area contributed by atoms with Crippen LogP contribution >= 0.6 is 0 Å².